The van der Waals surface area contributed by atoms with Crippen molar-refractivity contribution in [1.29, 1.82) is 0 Å². The van der Waals surface area contributed by atoms with Gasteiger partial charge in [0.2, 0.25) is 0 Å². The topological polar surface area (TPSA) is 44.2 Å². The molecule has 0 bridgehead atoms. The van der Waals surface area contributed by atoms with Crippen LogP contribution in [0.15, 0.2) is 49.3 Å². The molecule has 1 unspecified atom stereocenters. The molecule has 5 heteroatoms. The number of unbranched alkanes of at least 4 members (excludes halogenated alkanes) is 3. The molecule has 2 aromatic rings. The van der Waals surface area contributed by atoms with Crippen LogP contribution in [-0.2, 0) is 4.74 Å². The van der Waals surface area contributed by atoms with Crippen LogP contribution in [0.4, 0.5) is 4.39 Å². The Bertz CT molecular complexity index is 790. The molecular formula is C25H33FN2O2. The first-order chi connectivity index (χ1) is 14.6. The summed E-state index contributed by atoms with van der Waals surface area (Å²) in [5.74, 6) is 0.440. The fraction of sp³-hybridized carbons (Fsp3) is 0.440. The molecular weight excluding hydrogens is 379 g/mol. The predicted octanol–water partition coefficient (Wildman–Crippen LogP) is 6.63. The van der Waals surface area contributed by atoms with Crippen molar-refractivity contribution in [2.75, 3.05) is 13.2 Å². The summed E-state index contributed by atoms with van der Waals surface area (Å²) in [5, 5.41) is 0. The number of benzene rings is 1. The highest BCUT2D eigenvalue weighted by molar-refractivity contribution is 5.63. The molecule has 1 aromatic heterocycles. The summed E-state index contributed by atoms with van der Waals surface area (Å²) in [6.45, 7) is 9.03. The molecule has 0 fully saturated rings. The molecule has 0 amide bonds. The average Bonchev–Trinajstić information content (AvgIpc) is 2.76. The van der Waals surface area contributed by atoms with Crippen molar-refractivity contribution >= 4 is 6.08 Å². The zero-order valence-electron chi connectivity index (χ0n) is 18.1. The number of rotatable bonds is 14. The summed E-state index contributed by atoms with van der Waals surface area (Å²) in [6, 6.07) is 4.83. The van der Waals surface area contributed by atoms with Crippen LogP contribution in [0, 0.1) is 5.82 Å². The van der Waals surface area contributed by atoms with Crippen LogP contribution in [0.5, 0.6) is 5.75 Å². The van der Waals surface area contributed by atoms with Crippen LogP contribution in [0.3, 0.4) is 0 Å². The van der Waals surface area contributed by atoms with Gasteiger partial charge in [0.05, 0.1) is 6.10 Å². The SMILES string of the molecule is C=CCOc1ccc(-c2cnc(/C=C/CCCC(C)OCCCCC)nc2)cc1F. The van der Waals surface area contributed by atoms with Crippen molar-refractivity contribution < 1.29 is 13.9 Å². The van der Waals surface area contributed by atoms with E-state index in [1.807, 2.05) is 6.08 Å². The molecule has 0 saturated carbocycles. The number of hydrogen-bond donors (Lipinski definition) is 0. The summed E-state index contributed by atoms with van der Waals surface area (Å²) in [4.78, 5) is 8.72. The van der Waals surface area contributed by atoms with Gasteiger partial charge in [-0.2, -0.15) is 0 Å². The van der Waals surface area contributed by atoms with Crippen molar-refractivity contribution in [1.82, 2.24) is 9.97 Å². The van der Waals surface area contributed by atoms with Crippen LogP contribution < -0.4 is 4.74 Å². The van der Waals surface area contributed by atoms with Gasteiger partial charge in [-0.25, -0.2) is 14.4 Å². The smallest absolute Gasteiger partial charge is 0.165 e. The summed E-state index contributed by atoms with van der Waals surface area (Å²) in [6.07, 6.45) is 16.0. The first-order valence-corrected chi connectivity index (χ1v) is 10.8. The Morgan fingerprint density at radius 3 is 2.63 bits per heavy atom. The van der Waals surface area contributed by atoms with Crippen molar-refractivity contribution in [3.8, 4) is 16.9 Å². The van der Waals surface area contributed by atoms with Gasteiger partial charge in [-0.05, 0) is 56.4 Å². The molecule has 0 aliphatic carbocycles. The second-order valence-corrected chi connectivity index (χ2v) is 7.30. The van der Waals surface area contributed by atoms with Gasteiger partial charge in [0.25, 0.3) is 0 Å². The molecule has 0 aliphatic rings. The van der Waals surface area contributed by atoms with Crippen molar-refractivity contribution in [2.45, 2.75) is 58.5 Å². The zero-order chi connectivity index (χ0) is 21.6. The van der Waals surface area contributed by atoms with Gasteiger partial charge < -0.3 is 9.47 Å². The minimum Gasteiger partial charge on any atom is -0.486 e. The van der Waals surface area contributed by atoms with E-state index in [4.69, 9.17) is 9.47 Å². The van der Waals surface area contributed by atoms with E-state index in [-0.39, 0.29) is 12.4 Å². The summed E-state index contributed by atoms with van der Waals surface area (Å²) < 4.78 is 25.2. The lowest BCUT2D eigenvalue weighted by molar-refractivity contribution is 0.0566. The van der Waals surface area contributed by atoms with Gasteiger partial charge in [0, 0.05) is 24.6 Å². The van der Waals surface area contributed by atoms with Gasteiger partial charge in [0.15, 0.2) is 17.4 Å². The maximum atomic E-state index is 14.1. The highest BCUT2D eigenvalue weighted by atomic mass is 19.1. The number of halogens is 1. The van der Waals surface area contributed by atoms with Crippen molar-refractivity contribution in [3.05, 3.63) is 61.0 Å². The van der Waals surface area contributed by atoms with E-state index in [0.29, 0.717) is 17.5 Å². The highest BCUT2D eigenvalue weighted by Crippen LogP contribution is 2.25. The van der Waals surface area contributed by atoms with E-state index < -0.39 is 5.82 Å². The largest absolute Gasteiger partial charge is 0.486 e. The Balaban J connectivity index is 1.77. The summed E-state index contributed by atoms with van der Waals surface area (Å²) in [7, 11) is 0. The predicted molar refractivity (Wildman–Crippen MR) is 121 cm³/mol. The van der Waals surface area contributed by atoms with E-state index in [2.05, 4.69) is 36.5 Å². The normalized spacial score (nSPS) is 12.2. The molecule has 0 aliphatic heterocycles. The van der Waals surface area contributed by atoms with Gasteiger partial charge >= 0.3 is 0 Å². The number of nitrogens with zero attached hydrogens (tertiary/aromatic N) is 2. The van der Waals surface area contributed by atoms with E-state index in [1.165, 1.54) is 18.9 Å². The van der Waals surface area contributed by atoms with Crippen molar-refractivity contribution in [2.24, 2.45) is 0 Å². The summed E-state index contributed by atoms with van der Waals surface area (Å²) >= 11 is 0. The Kier molecular flexibility index (Phi) is 10.8. The van der Waals surface area contributed by atoms with E-state index in [0.717, 1.165) is 37.9 Å². The fourth-order valence-corrected chi connectivity index (χ4v) is 2.95. The second kappa shape index (κ2) is 13.6. The molecule has 0 spiro atoms. The zero-order valence-corrected chi connectivity index (χ0v) is 18.1. The van der Waals surface area contributed by atoms with Crippen molar-refractivity contribution in [3.63, 3.8) is 0 Å². The molecule has 0 N–H and O–H groups in total. The standard InChI is InChI=1S/C25H33FN2O2/c1-4-6-10-16-29-20(3)11-8-7-9-12-25-27-18-22(19-28-25)21-13-14-24(23(26)17-21)30-15-5-2/h5,9,12-14,17-20H,2,4,6-8,10-11,15-16H2,1,3H3/b12-9+. The lowest BCUT2D eigenvalue weighted by Gasteiger charge is -2.11. The molecule has 4 nitrogen and oxygen atoms in total. The second-order valence-electron chi connectivity index (χ2n) is 7.30. The molecule has 0 radical (unpaired) electrons. The molecule has 2 rings (SSSR count). The third-order valence-electron chi connectivity index (χ3n) is 4.69. The molecule has 1 aromatic carbocycles. The van der Waals surface area contributed by atoms with Gasteiger partial charge in [-0.1, -0.05) is 44.6 Å². The van der Waals surface area contributed by atoms with Crippen LogP contribution in [-0.4, -0.2) is 29.3 Å². The summed E-state index contributed by atoms with van der Waals surface area (Å²) in [5.41, 5.74) is 1.47. The fourth-order valence-electron chi connectivity index (χ4n) is 2.95. The van der Waals surface area contributed by atoms with Crippen LogP contribution >= 0.6 is 0 Å². The first kappa shape index (κ1) is 23.7. The molecule has 1 heterocycles. The third-order valence-corrected chi connectivity index (χ3v) is 4.69. The lowest BCUT2D eigenvalue weighted by Crippen LogP contribution is -2.08. The Morgan fingerprint density at radius 2 is 1.93 bits per heavy atom. The Morgan fingerprint density at radius 1 is 1.13 bits per heavy atom. The average molecular weight is 413 g/mol. The van der Waals surface area contributed by atoms with E-state index in [9.17, 15) is 4.39 Å². The molecule has 1 atom stereocenters. The lowest BCUT2D eigenvalue weighted by atomic mass is 10.1. The van der Waals surface area contributed by atoms with E-state index >= 15 is 0 Å². The van der Waals surface area contributed by atoms with Gasteiger partial charge in [0.1, 0.15) is 6.61 Å². The maximum Gasteiger partial charge on any atom is 0.165 e. The first-order valence-electron chi connectivity index (χ1n) is 10.8. The van der Waals surface area contributed by atoms with E-state index in [1.54, 1.807) is 30.6 Å². The number of ether oxygens (including phenoxy) is 2. The number of aromatic nitrogens is 2. The number of allylic oxidation sites excluding steroid dienone is 1. The molecule has 0 saturated heterocycles. The Labute approximate surface area is 179 Å². The van der Waals surface area contributed by atoms with Crippen LogP contribution in [0.2, 0.25) is 0 Å². The van der Waals surface area contributed by atoms with Gasteiger partial charge in [-0.15, -0.1) is 0 Å². The van der Waals surface area contributed by atoms with Crippen LogP contribution in [0.1, 0.15) is 58.2 Å². The minimum absolute atomic E-state index is 0.208. The highest BCUT2D eigenvalue weighted by Gasteiger charge is 2.07. The molecule has 30 heavy (non-hydrogen) atoms. The maximum absolute atomic E-state index is 14.1. The van der Waals surface area contributed by atoms with Crippen LogP contribution in [0.25, 0.3) is 17.2 Å². The van der Waals surface area contributed by atoms with Gasteiger partial charge in [-0.3, -0.25) is 0 Å². The third kappa shape index (κ3) is 8.46. The minimum atomic E-state index is -0.415. The monoisotopic (exact) mass is 412 g/mol. The quantitative estimate of drug-likeness (QED) is 0.258. The molecule has 162 valence electrons. The Hall–Kier alpha value is -2.53. The number of hydrogen-bond acceptors (Lipinski definition) is 4.